The molecule has 0 radical (unpaired) electrons. The molecule has 2 nitrogen and oxygen atoms in total. The smallest absolute Gasteiger partial charge is 0.249 e. The number of rotatable bonds is 1. The maximum absolute atomic E-state index is 12.8. The summed E-state index contributed by atoms with van der Waals surface area (Å²) in [6.07, 6.45) is 0. The van der Waals surface area contributed by atoms with E-state index in [1.807, 2.05) is 0 Å². The van der Waals surface area contributed by atoms with Gasteiger partial charge in [0.1, 0.15) is 5.82 Å². The topological polar surface area (TPSA) is 43.1 Å². The van der Waals surface area contributed by atoms with E-state index < -0.39 is 5.91 Å². The first-order chi connectivity index (χ1) is 5.54. The molecule has 0 atom stereocenters. The number of amides is 1. The van der Waals surface area contributed by atoms with Crippen LogP contribution in [0.2, 0.25) is 0 Å². The van der Waals surface area contributed by atoms with E-state index in [2.05, 4.69) is 15.9 Å². The fourth-order valence-corrected chi connectivity index (χ4v) is 1.37. The minimum atomic E-state index is -0.565. The molecule has 0 aliphatic carbocycles. The second-order valence-electron chi connectivity index (χ2n) is 2.40. The van der Waals surface area contributed by atoms with Gasteiger partial charge >= 0.3 is 0 Å². The van der Waals surface area contributed by atoms with E-state index in [0.717, 1.165) is 0 Å². The lowest BCUT2D eigenvalue weighted by Crippen LogP contribution is -2.12. The number of nitrogens with two attached hydrogens (primary N) is 1. The van der Waals surface area contributed by atoms with Gasteiger partial charge in [0.05, 0.1) is 5.56 Å². The zero-order valence-corrected chi connectivity index (χ0v) is 7.98. The summed E-state index contributed by atoms with van der Waals surface area (Å²) in [5.41, 5.74) is 5.74. The van der Waals surface area contributed by atoms with E-state index in [1.165, 1.54) is 12.1 Å². The van der Waals surface area contributed by atoms with Gasteiger partial charge in [-0.05, 0) is 40.5 Å². The van der Waals surface area contributed by atoms with Crippen LogP contribution >= 0.6 is 15.9 Å². The molecule has 4 heteroatoms. The Morgan fingerprint density at radius 3 is 2.67 bits per heavy atom. The fourth-order valence-electron chi connectivity index (χ4n) is 0.852. The van der Waals surface area contributed by atoms with Crippen molar-refractivity contribution in [3.05, 3.63) is 33.5 Å². The summed E-state index contributed by atoms with van der Waals surface area (Å²) in [6.45, 7) is 1.58. The highest BCUT2D eigenvalue weighted by molar-refractivity contribution is 9.10. The quantitative estimate of drug-likeness (QED) is 0.790. The van der Waals surface area contributed by atoms with Crippen LogP contribution in [0.25, 0.3) is 0 Å². The maximum Gasteiger partial charge on any atom is 0.249 e. The van der Waals surface area contributed by atoms with E-state index >= 15 is 0 Å². The number of benzene rings is 1. The Kier molecular flexibility index (Phi) is 2.47. The molecule has 2 N–H and O–H groups in total. The van der Waals surface area contributed by atoms with Gasteiger partial charge in [0.25, 0.3) is 0 Å². The van der Waals surface area contributed by atoms with Crippen LogP contribution in [0.3, 0.4) is 0 Å². The van der Waals surface area contributed by atoms with Gasteiger partial charge in [0, 0.05) is 4.47 Å². The largest absolute Gasteiger partial charge is 0.366 e. The van der Waals surface area contributed by atoms with Gasteiger partial charge in [-0.1, -0.05) is 0 Å². The SMILES string of the molecule is Cc1c(F)ccc(C(N)=O)c1Br. The van der Waals surface area contributed by atoms with Crippen molar-refractivity contribution in [3.63, 3.8) is 0 Å². The second kappa shape index (κ2) is 3.23. The molecule has 12 heavy (non-hydrogen) atoms. The zero-order chi connectivity index (χ0) is 9.30. The number of carbonyl (C=O) groups excluding carboxylic acids is 1. The standard InChI is InChI=1S/C8H7BrFNO/c1-4-6(10)3-2-5(7(4)9)8(11)12/h2-3H,1H3,(H2,11,12). The Balaban J connectivity index is 3.36. The van der Waals surface area contributed by atoms with Gasteiger partial charge in [-0.15, -0.1) is 0 Å². The van der Waals surface area contributed by atoms with E-state index in [0.29, 0.717) is 15.6 Å². The van der Waals surface area contributed by atoms with Gasteiger partial charge in [0.15, 0.2) is 0 Å². The average Bonchev–Trinajstić information content (AvgIpc) is 2.00. The van der Waals surface area contributed by atoms with Crippen molar-refractivity contribution < 1.29 is 9.18 Å². The van der Waals surface area contributed by atoms with Crippen LogP contribution in [-0.4, -0.2) is 5.91 Å². The van der Waals surface area contributed by atoms with Crippen molar-refractivity contribution in [2.75, 3.05) is 0 Å². The van der Waals surface area contributed by atoms with Crippen LogP contribution in [0.15, 0.2) is 16.6 Å². The predicted octanol–water partition coefficient (Wildman–Crippen LogP) is 2.00. The monoisotopic (exact) mass is 231 g/mol. The molecule has 0 unspecified atom stereocenters. The number of hydrogen-bond donors (Lipinski definition) is 1. The molecule has 0 aliphatic rings. The Labute approximate surface area is 77.7 Å². The molecule has 0 spiro atoms. The van der Waals surface area contributed by atoms with Gasteiger partial charge < -0.3 is 5.73 Å². The van der Waals surface area contributed by atoms with Crippen LogP contribution in [0.1, 0.15) is 15.9 Å². The van der Waals surface area contributed by atoms with Gasteiger partial charge in [0.2, 0.25) is 5.91 Å². The van der Waals surface area contributed by atoms with Gasteiger partial charge in [-0.25, -0.2) is 4.39 Å². The Morgan fingerprint density at radius 1 is 1.58 bits per heavy atom. The molecule has 0 aliphatic heterocycles. The summed E-state index contributed by atoms with van der Waals surface area (Å²) in [5, 5.41) is 0. The van der Waals surface area contributed by atoms with Crippen LogP contribution < -0.4 is 5.73 Å². The fraction of sp³-hybridized carbons (Fsp3) is 0.125. The van der Waals surface area contributed by atoms with Crippen LogP contribution in [0.5, 0.6) is 0 Å². The minimum absolute atomic E-state index is 0.300. The highest BCUT2D eigenvalue weighted by atomic mass is 79.9. The zero-order valence-electron chi connectivity index (χ0n) is 6.40. The second-order valence-corrected chi connectivity index (χ2v) is 3.19. The molecule has 0 saturated heterocycles. The van der Waals surface area contributed by atoms with E-state index in [9.17, 15) is 9.18 Å². The molecule has 0 fully saturated rings. The molecule has 1 aromatic rings. The number of hydrogen-bond acceptors (Lipinski definition) is 1. The van der Waals surface area contributed by atoms with Crippen molar-refractivity contribution in [1.29, 1.82) is 0 Å². The molecule has 0 aromatic heterocycles. The van der Waals surface area contributed by atoms with Crippen LogP contribution in [0, 0.1) is 12.7 Å². The van der Waals surface area contributed by atoms with Crippen molar-refractivity contribution in [2.45, 2.75) is 6.92 Å². The van der Waals surface area contributed by atoms with E-state index in [4.69, 9.17) is 5.73 Å². The third-order valence-electron chi connectivity index (χ3n) is 1.59. The summed E-state index contributed by atoms with van der Waals surface area (Å²) in [4.78, 5) is 10.8. The first-order valence-corrected chi connectivity index (χ1v) is 4.07. The average molecular weight is 232 g/mol. The summed E-state index contributed by atoms with van der Waals surface area (Å²) < 4.78 is 13.3. The lowest BCUT2D eigenvalue weighted by atomic mass is 10.1. The molecule has 1 amide bonds. The van der Waals surface area contributed by atoms with Gasteiger partial charge in [-0.2, -0.15) is 0 Å². The molecule has 0 bridgehead atoms. The molecule has 1 rings (SSSR count). The Hall–Kier alpha value is -0.900. The molecule has 0 heterocycles. The molecule has 64 valence electrons. The lowest BCUT2D eigenvalue weighted by molar-refractivity contribution is 0.0999. The lowest BCUT2D eigenvalue weighted by Gasteiger charge is -2.03. The van der Waals surface area contributed by atoms with E-state index in [-0.39, 0.29) is 5.82 Å². The third-order valence-corrected chi connectivity index (χ3v) is 2.61. The van der Waals surface area contributed by atoms with Crippen LogP contribution in [-0.2, 0) is 0 Å². The number of carbonyl (C=O) groups is 1. The van der Waals surface area contributed by atoms with Crippen LogP contribution in [0.4, 0.5) is 4.39 Å². The summed E-state index contributed by atoms with van der Waals surface area (Å²) in [6, 6.07) is 2.58. The summed E-state index contributed by atoms with van der Waals surface area (Å²) in [7, 11) is 0. The first kappa shape index (κ1) is 9.19. The molecule has 0 saturated carbocycles. The molecule has 1 aromatic carbocycles. The van der Waals surface area contributed by atoms with Crippen molar-refractivity contribution in [1.82, 2.24) is 0 Å². The first-order valence-electron chi connectivity index (χ1n) is 3.28. The van der Waals surface area contributed by atoms with Crippen molar-refractivity contribution >= 4 is 21.8 Å². The maximum atomic E-state index is 12.8. The molecular formula is C8H7BrFNO. The predicted molar refractivity (Wildman–Crippen MR) is 47.4 cm³/mol. The Morgan fingerprint density at radius 2 is 2.17 bits per heavy atom. The highest BCUT2D eigenvalue weighted by Crippen LogP contribution is 2.22. The highest BCUT2D eigenvalue weighted by Gasteiger charge is 2.10. The minimum Gasteiger partial charge on any atom is -0.366 e. The summed E-state index contributed by atoms with van der Waals surface area (Å²) >= 11 is 3.09. The van der Waals surface area contributed by atoms with Crippen molar-refractivity contribution in [3.8, 4) is 0 Å². The number of halogens is 2. The normalized spacial score (nSPS) is 9.92. The third kappa shape index (κ3) is 1.48. The molecular weight excluding hydrogens is 225 g/mol. The Bertz CT molecular complexity index is 338. The van der Waals surface area contributed by atoms with Crippen molar-refractivity contribution in [2.24, 2.45) is 5.73 Å². The summed E-state index contributed by atoms with van der Waals surface area (Å²) in [5.74, 6) is -0.920. The number of primary amides is 1. The van der Waals surface area contributed by atoms with Gasteiger partial charge in [-0.3, -0.25) is 4.79 Å². The van der Waals surface area contributed by atoms with E-state index in [1.54, 1.807) is 6.92 Å².